The standard InChI is InChI=1S/C17H17ClN6O2/c1-9-6-10(2)23-16(25)11(9)7-19-17(26)15-13(18)14(20-8-21-15)12-4-5-22-24(12)3/h4-6,8H,7H2,1-3H3,(H,19,26)(H,23,25). The number of hydrogen-bond acceptors (Lipinski definition) is 5. The molecule has 0 aromatic carbocycles. The van der Waals surface area contributed by atoms with E-state index >= 15 is 0 Å². The molecule has 3 aromatic rings. The maximum absolute atomic E-state index is 12.5. The van der Waals surface area contributed by atoms with Crippen LogP contribution in [0, 0.1) is 13.8 Å². The second kappa shape index (κ2) is 7.09. The van der Waals surface area contributed by atoms with Crippen molar-refractivity contribution < 1.29 is 4.79 Å². The van der Waals surface area contributed by atoms with Gasteiger partial charge in [0.15, 0.2) is 5.69 Å². The van der Waals surface area contributed by atoms with E-state index in [2.05, 4.69) is 25.4 Å². The molecule has 0 saturated heterocycles. The van der Waals surface area contributed by atoms with Gasteiger partial charge in [-0.2, -0.15) is 5.10 Å². The van der Waals surface area contributed by atoms with Crippen molar-refractivity contribution in [2.24, 2.45) is 7.05 Å². The van der Waals surface area contributed by atoms with Crippen molar-refractivity contribution in [3.8, 4) is 11.4 Å². The third-order valence-electron chi connectivity index (χ3n) is 3.99. The molecule has 8 nitrogen and oxygen atoms in total. The van der Waals surface area contributed by atoms with Crippen molar-refractivity contribution in [3.05, 3.63) is 62.5 Å². The molecule has 0 aliphatic carbocycles. The molecule has 0 bridgehead atoms. The quantitative estimate of drug-likeness (QED) is 0.726. The molecule has 0 unspecified atom stereocenters. The molecular weight excluding hydrogens is 356 g/mol. The van der Waals surface area contributed by atoms with Gasteiger partial charge in [-0.1, -0.05) is 11.6 Å². The number of amides is 1. The lowest BCUT2D eigenvalue weighted by atomic mass is 10.1. The average Bonchev–Trinajstić information content (AvgIpc) is 2.99. The molecule has 0 fully saturated rings. The van der Waals surface area contributed by atoms with Crippen LogP contribution in [0.15, 0.2) is 29.5 Å². The second-order valence-corrected chi connectivity index (χ2v) is 6.23. The number of nitrogens with zero attached hydrogens (tertiary/aromatic N) is 4. The van der Waals surface area contributed by atoms with E-state index in [0.29, 0.717) is 17.0 Å². The van der Waals surface area contributed by atoms with Crippen molar-refractivity contribution in [1.29, 1.82) is 0 Å². The number of pyridine rings is 1. The molecule has 9 heteroatoms. The summed E-state index contributed by atoms with van der Waals surface area (Å²) in [5.74, 6) is -0.486. The minimum absolute atomic E-state index is 0.0408. The lowest BCUT2D eigenvalue weighted by molar-refractivity contribution is 0.0946. The zero-order valence-corrected chi connectivity index (χ0v) is 15.3. The zero-order chi connectivity index (χ0) is 18.8. The largest absolute Gasteiger partial charge is 0.346 e. The summed E-state index contributed by atoms with van der Waals surface area (Å²) in [4.78, 5) is 35.4. The van der Waals surface area contributed by atoms with Gasteiger partial charge < -0.3 is 10.3 Å². The van der Waals surface area contributed by atoms with Gasteiger partial charge in [0.05, 0.1) is 10.7 Å². The summed E-state index contributed by atoms with van der Waals surface area (Å²) in [5.41, 5.74) is 2.94. The Morgan fingerprint density at radius 3 is 2.77 bits per heavy atom. The summed E-state index contributed by atoms with van der Waals surface area (Å²) in [6.07, 6.45) is 2.88. The molecule has 134 valence electrons. The maximum Gasteiger partial charge on any atom is 0.271 e. The fourth-order valence-corrected chi connectivity index (χ4v) is 2.95. The highest BCUT2D eigenvalue weighted by molar-refractivity contribution is 6.35. The van der Waals surface area contributed by atoms with Crippen LogP contribution in [0.5, 0.6) is 0 Å². The Hall–Kier alpha value is -3.00. The van der Waals surface area contributed by atoms with Crippen LogP contribution in [-0.2, 0) is 13.6 Å². The minimum atomic E-state index is -0.486. The topological polar surface area (TPSA) is 106 Å². The third kappa shape index (κ3) is 3.36. The molecule has 0 radical (unpaired) electrons. The van der Waals surface area contributed by atoms with E-state index in [0.717, 1.165) is 11.3 Å². The van der Waals surface area contributed by atoms with E-state index in [-0.39, 0.29) is 22.8 Å². The SMILES string of the molecule is Cc1cc(C)c(CNC(=O)c2ncnc(-c3ccnn3C)c2Cl)c(=O)[nH]1. The maximum atomic E-state index is 12.5. The molecule has 3 aromatic heterocycles. The van der Waals surface area contributed by atoms with Gasteiger partial charge in [-0.05, 0) is 31.5 Å². The number of H-pyrrole nitrogens is 1. The van der Waals surface area contributed by atoms with Gasteiger partial charge in [-0.3, -0.25) is 14.3 Å². The summed E-state index contributed by atoms with van der Waals surface area (Å²) in [6, 6.07) is 3.59. The van der Waals surface area contributed by atoms with Gasteiger partial charge in [-0.25, -0.2) is 9.97 Å². The van der Waals surface area contributed by atoms with Crippen molar-refractivity contribution in [2.75, 3.05) is 0 Å². The molecule has 0 aliphatic rings. The average molecular weight is 373 g/mol. The lowest BCUT2D eigenvalue weighted by Gasteiger charge is -2.10. The van der Waals surface area contributed by atoms with Crippen molar-refractivity contribution in [1.82, 2.24) is 30.0 Å². The van der Waals surface area contributed by atoms with Crippen LogP contribution in [0.1, 0.15) is 27.3 Å². The first-order chi connectivity index (χ1) is 12.4. The zero-order valence-electron chi connectivity index (χ0n) is 14.5. The molecule has 2 N–H and O–H groups in total. The lowest BCUT2D eigenvalue weighted by Crippen LogP contribution is -2.28. The molecule has 26 heavy (non-hydrogen) atoms. The number of aromatic amines is 1. The summed E-state index contributed by atoms with van der Waals surface area (Å²) in [5, 5.41) is 6.89. The van der Waals surface area contributed by atoms with E-state index in [1.807, 2.05) is 13.0 Å². The third-order valence-corrected chi connectivity index (χ3v) is 4.35. The van der Waals surface area contributed by atoms with E-state index in [1.54, 1.807) is 30.9 Å². The van der Waals surface area contributed by atoms with Crippen LogP contribution >= 0.6 is 11.6 Å². The van der Waals surface area contributed by atoms with Crippen LogP contribution < -0.4 is 10.9 Å². The first-order valence-corrected chi connectivity index (χ1v) is 8.22. The van der Waals surface area contributed by atoms with Crippen LogP contribution in [0.25, 0.3) is 11.4 Å². The van der Waals surface area contributed by atoms with Crippen LogP contribution in [0.4, 0.5) is 0 Å². The number of hydrogen-bond donors (Lipinski definition) is 2. The molecule has 0 aliphatic heterocycles. The molecule has 0 atom stereocenters. The minimum Gasteiger partial charge on any atom is -0.346 e. The number of aryl methyl sites for hydroxylation is 3. The first-order valence-electron chi connectivity index (χ1n) is 7.85. The van der Waals surface area contributed by atoms with Gasteiger partial charge in [0, 0.05) is 31.0 Å². The van der Waals surface area contributed by atoms with E-state index in [1.165, 1.54) is 6.33 Å². The fourth-order valence-electron chi connectivity index (χ4n) is 2.67. The van der Waals surface area contributed by atoms with Crippen molar-refractivity contribution in [3.63, 3.8) is 0 Å². The number of halogens is 1. The smallest absolute Gasteiger partial charge is 0.271 e. The highest BCUT2D eigenvalue weighted by Gasteiger charge is 2.19. The van der Waals surface area contributed by atoms with Gasteiger partial charge in [0.2, 0.25) is 0 Å². The Morgan fingerprint density at radius 2 is 2.12 bits per heavy atom. The monoisotopic (exact) mass is 372 g/mol. The van der Waals surface area contributed by atoms with E-state index in [4.69, 9.17) is 11.6 Å². The van der Waals surface area contributed by atoms with Gasteiger partial charge >= 0.3 is 0 Å². The van der Waals surface area contributed by atoms with Gasteiger partial charge in [0.1, 0.15) is 12.0 Å². The molecule has 0 saturated carbocycles. The summed E-state index contributed by atoms with van der Waals surface area (Å²) in [7, 11) is 1.75. The van der Waals surface area contributed by atoms with E-state index < -0.39 is 5.91 Å². The highest BCUT2D eigenvalue weighted by atomic mass is 35.5. The molecule has 1 amide bonds. The normalized spacial score (nSPS) is 10.8. The van der Waals surface area contributed by atoms with Crippen molar-refractivity contribution in [2.45, 2.75) is 20.4 Å². The fraction of sp³-hybridized carbons (Fsp3) is 0.235. The Balaban J connectivity index is 1.86. The van der Waals surface area contributed by atoms with Crippen LogP contribution in [0.3, 0.4) is 0 Å². The molecular formula is C17H17ClN6O2. The number of carbonyl (C=O) groups excluding carboxylic acids is 1. The molecule has 0 spiro atoms. The summed E-state index contributed by atoms with van der Waals surface area (Å²) >= 11 is 6.34. The predicted molar refractivity (Wildman–Crippen MR) is 97.0 cm³/mol. The predicted octanol–water partition coefficient (Wildman–Crippen LogP) is 1.77. The van der Waals surface area contributed by atoms with E-state index in [9.17, 15) is 9.59 Å². The molecule has 3 heterocycles. The van der Waals surface area contributed by atoms with Gasteiger partial charge in [-0.15, -0.1) is 0 Å². The summed E-state index contributed by atoms with van der Waals surface area (Å²) in [6.45, 7) is 3.70. The number of aromatic nitrogens is 5. The Morgan fingerprint density at radius 1 is 1.35 bits per heavy atom. The Labute approximate surface area is 154 Å². The van der Waals surface area contributed by atoms with Crippen LogP contribution in [0.2, 0.25) is 5.02 Å². The first kappa shape index (κ1) is 17.8. The Bertz CT molecular complexity index is 1040. The summed E-state index contributed by atoms with van der Waals surface area (Å²) < 4.78 is 1.60. The molecule has 3 rings (SSSR count). The number of nitrogens with one attached hydrogen (secondary N) is 2. The highest BCUT2D eigenvalue weighted by Crippen LogP contribution is 2.26. The van der Waals surface area contributed by atoms with Crippen molar-refractivity contribution >= 4 is 17.5 Å². The second-order valence-electron chi connectivity index (χ2n) is 5.85. The Kier molecular flexibility index (Phi) is 4.85. The number of carbonyl (C=O) groups is 1. The number of rotatable bonds is 4. The van der Waals surface area contributed by atoms with Gasteiger partial charge in [0.25, 0.3) is 11.5 Å². The van der Waals surface area contributed by atoms with Crippen LogP contribution in [-0.4, -0.2) is 30.6 Å².